The van der Waals surface area contributed by atoms with Crippen molar-refractivity contribution >= 4 is 27.1 Å². The summed E-state index contributed by atoms with van der Waals surface area (Å²) in [5.74, 6) is -0.239. The molecule has 5 nitrogen and oxygen atoms in total. The molecule has 0 saturated heterocycles. The maximum absolute atomic E-state index is 12.9. The van der Waals surface area contributed by atoms with Gasteiger partial charge in [-0.1, -0.05) is 47.9 Å². The summed E-state index contributed by atoms with van der Waals surface area (Å²) in [6.07, 6.45) is 7.96. The zero-order chi connectivity index (χ0) is 23.4. The van der Waals surface area contributed by atoms with E-state index >= 15 is 0 Å². The fraction of sp³-hybridized carbons (Fsp3) is 0.407. The van der Waals surface area contributed by atoms with Crippen molar-refractivity contribution in [3.05, 3.63) is 70.8 Å². The fourth-order valence-corrected chi connectivity index (χ4v) is 6.04. The molecule has 1 atom stereocenters. The summed E-state index contributed by atoms with van der Waals surface area (Å²) >= 11 is 0. The Morgan fingerprint density at radius 3 is 2.64 bits per heavy atom. The van der Waals surface area contributed by atoms with Gasteiger partial charge in [0.25, 0.3) is 0 Å². The van der Waals surface area contributed by atoms with Gasteiger partial charge in [0.15, 0.2) is 9.84 Å². The molecule has 0 spiro atoms. The van der Waals surface area contributed by atoms with Crippen LogP contribution >= 0.6 is 0 Å². The molecule has 1 unspecified atom stereocenters. The van der Waals surface area contributed by atoms with E-state index in [9.17, 15) is 13.2 Å². The van der Waals surface area contributed by atoms with E-state index in [1.165, 1.54) is 6.42 Å². The van der Waals surface area contributed by atoms with Crippen LogP contribution in [0.3, 0.4) is 0 Å². The zero-order valence-corrected chi connectivity index (χ0v) is 20.2. The van der Waals surface area contributed by atoms with E-state index in [4.69, 9.17) is 0 Å². The number of aliphatic imine (C=N–C) groups is 1. The quantitative estimate of drug-likeness (QED) is 0.594. The second-order valence-electron chi connectivity index (χ2n) is 9.22. The lowest BCUT2D eigenvalue weighted by Gasteiger charge is -2.22. The lowest BCUT2D eigenvalue weighted by molar-refractivity contribution is -0.123. The van der Waals surface area contributed by atoms with Crippen molar-refractivity contribution in [1.82, 2.24) is 5.32 Å². The first-order valence-corrected chi connectivity index (χ1v) is 13.4. The molecule has 1 amide bonds. The lowest BCUT2D eigenvalue weighted by Crippen LogP contribution is -2.36. The molecule has 0 bridgehead atoms. The minimum absolute atomic E-state index is 0.0552. The number of sulfone groups is 1. The number of fused-ring (bicyclic) bond motifs is 1. The van der Waals surface area contributed by atoms with Gasteiger partial charge < -0.3 is 5.32 Å². The van der Waals surface area contributed by atoms with E-state index in [-0.39, 0.29) is 17.6 Å². The number of benzene rings is 2. The third-order valence-electron chi connectivity index (χ3n) is 6.54. The van der Waals surface area contributed by atoms with Gasteiger partial charge in [0.05, 0.1) is 22.3 Å². The van der Waals surface area contributed by atoms with E-state index < -0.39 is 9.84 Å². The van der Waals surface area contributed by atoms with Crippen LogP contribution in [0, 0.1) is 12.8 Å². The number of hydrogen-bond acceptors (Lipinski definition) is 4. The van der Waals surface area contributed by atoms with Crippen molar-refractivity contribution in [2.24, 2.45) is 10.9 Å². The van der Waals surface area contributed by atoms with Crippen LogP contribution in [0.25, 0.3) is 0 Å². The van der Waals surface area contributed by atoms with Gasteiger partial charge in [-0.2, -0.15) is 0 Å². The summed E-state index contributed by atoms with van der Waals surface area (Å²) in [5, 5.41) is 3.00. The summed E-state index contributed by atoms with van der Waals surface area (Å²) < 4.78 is 25.7. The molecule has 0 fully saturated rings. The number of nitrogens with one attached hydrogen (secondary N) is 1. The Morgan fingerprint density at radius 1 is 1.06 bits per heavy atom. The van der Waals surface area contributed by atoms with Crippen LogP contribution in [0.4, 0.5) is 5.69 Å². The van der Waals surface area contributed by atoms with Crippen LogP contribution in [0.15, 0.2) is 64.0 Å². The van der Waals surface area contributed by atoms with Crippen LogP contribution in [-0.2, 0) is 27.6 Å². The number of carbonyl (C=O) groups is 1. The molecule has 1 aliphatic heterocycles. The molecule has 33 heavy (non-hydrogen) atoms. The number of allylic oxidation sites excluding steroid dienone is 1. The molecule has 0 radical (unpaired) electrons. The standard InChI is InChI=1S/C27H32N2O3S/c1-19-9-14-26-23(15-19)16-25(20(2)29-26)27(30)28-17-21-10-12-24(13-11-21)33(31,32)18-22-7-5-3-4-6-8-22/h7,9-15,25H,3-6,8,16-18H2,1-2H3,(H,28,30). The number of rotatable bonds is 6. The molecule has 2 aliphatic rings. The molecule has 6 heteroatoms. The number of carbonyl (C=O) groups excluding carboxylic acids is 1. The van der Waals surface area contributed by atoms with Crippen molar-refractivity contribution in [2.45, 2.75) is 63.8 Å². The maximum Gasteiger partial charge on any atom is 0.229 e. The molecule has 4 rings (SSSR count). The van der Waals surface area contributed by atoms with Gasteiger partial charge in [0, 0.05) is 12.3 Å². The van der Waals surface area contributed by atoms with Gasteiger partial charge >= 0.3 is 0 Å². The summed E-state index contributed by atoms with van der Waals surface area (Å²) in [6.45, 7) is 4.29. The molecule has 1 aliphatic carbocycles. The largest absolute Gasteiger partial charge is 0.351 e. The molecule has 2 aromatic carbocycles. The third kappa shape index (κ3) is 5.80. The number of nitrogens with zero attached hydrogens (tertiary/aromatic N) is 1. The van der Waals surface area contributed by atoms with Crippen molar-refractivity contribution in [3.8, 4) is 0 Å². The highest BCUT2D eigenvalue weighted by Gasteiger charge is 2.26. The molecule has 2 aromatic rings. The van der Waals surface area contributed by atoms with E-state index in [1.807, 2.05) is 26.0 Å². The Bertz CT molecular complexity index is 1190. The predicted octanol–water partition coefficient (Wildman–Crippen LogP) is 5.24. The van der Waals surface area contributed by atoms with E-state index in [1.54, 1.807) is 24.3 Å². The van der Waals surface area contributed by atoms with Gasteiger partial charge in [-0.3, -0.25) is 9.79 Å². The van der Waals surface area contributed by atoms with E-state index in [0.29, 0.717) is 17.9 Å². The average molecular weight is 465 g/mol. The van der Waals surface area contributed by atoms with E-state index in [0.717, 1.165) is 59.3 Å². The number of amides is 1. The molecule has 174 valence electrons. The van der Waals surface area contributed by atoms with Gasteiger partial charge in [-0.15, -0.1) is 0 Å². The van der Waals surface area contributed by atoms with Crippen LogP contribution in [0.5, 0.6) is 0 Å². The third-order valence-corrected chi connectivity index (χ3v) is 8.28. The smallest absolute Gasteiger partial charge is 0.229 e. The Kier molecular flexibility index (Phi) is 7.13. The fourth-order valence-electron chi connectivity index (χ4n) is 4.57. The summed E-state index contributed by atoms with van der Waals surface area (Å²) in [5.41, 5.74) is 5.92. The predicted molar refractivity (Wildman–Crippen MR) is 133 cm³/mol. The molecular weight excluding hydrogens is 432 g/mol. The highest BCUT2D eigenvalue weighted by Crippen LogP contribution is 2.30. The summed E-state index contributed by atoms with van der Waals surface area (Å²) in [6, 6.07) is 13.0. The average Bonchev–Trinajstić information content (AvgIpc) is 3.05. The second-order valence-corrected chi connectivity index (χ2v) is 11.2. The second kappa shape index (κ2) is 10.0. The van der Waals surface area contributed by atoms with Crippen molar-refractivity contribution < 1.29 is 13.2 Å². The first-order chi connectivity index (χ1) is 15.8. The van der Waals surface area contributed by atoms with E-state index in [2.05, 4.69) is 22.5 Å². The SMILES string of the molecule is CC1=Nc2ccc(C)cc2CC1C(=O)NCc1ccc(S(=O)(=O)CC2=CCCCCC2)cc1. The normalized spacial score (nSPS) is 18.5. The Balaban J connectivity index is 1.36. The first-order valence-electron chi connectivity index (χ1n) is 11.7. The molecule has 1 N–H and O–H groups in total. The number of aryl methyl sites for hydroxylation is 1. The summed E-state index contributed by atoms with van der Waals surface area (Å²) in [4.78, 5) is 17.8. The maximum atomic E-state index is 12.9. The van der Waals surface area contributed by atoms with Crippen LogP contribution in [0.1, 0.15) is 55.7 Å². The number of hydrogen-bond donors (Lipinski definition) is 1. The minimum Gasteiger partial charge on any atom is -0.351 e. The monoisotopic (exact) mass is 464 g/mol. The van der Waals surface area contributed by atoms with Crippen LogP contribution in [0.2, 0.25) is 0 Å². The van der Waals surface area contributed by atoms with Gasteiger partial charge in [-0.05, 0) is 75.3 Å². The molecule has 0 aromatic heterocycles. The molecule has 1 heterocycles. The summed E-state index contributed by atoms with van der Waals surface area (Å²) in [7, 11) is -3.35. The van der Waals surface area contributed by atoms with Crippen molar-refractivity contribution in [2.75, 3.05) is 5.75 Å². The first kappa shape index (κ1) is 23.4. The Morgan fingerprint density at radius 2 is 1.85 bits per heavy atom. The van der Waals surface area contributed by atoms with Crippen LogP contribution in [-0.4, -0.2) is 25.8 Å². The molecule has 0 saturated carbocycles. The van der Waals surface area contributed by atoms with Gasteiger partial charge in [0.1, 0.15) is 0 Å². The Labute approximate surface area is 196 Å². The minimum atomic E-state index is -3.35. The topological polar surface area (TPSA) is 75.6 Å². The van der Waals surface area contributed by atoms with Crippen molar-refractivity contribution in [3.63, 3.8) is 0 Å². The highest BCUT2D eigenvalue weighted by molar-refractivity contribution is 7.91. The molecular formula is C27H32N2O3S. The Hall–Kier alpha value is -2.73. The van der Waals surface area contributed by atoms with Crippen LogP contribution < -0.4 is 5.32 Å². The zero-order valence-electron chi connectivity index (χ0n) is 19.4. The lowest BCUT2D eigenvalue weighted by atomic mass is 9.90. The van der Waals surface area contributed by atoms with Crippen molar-refractivity contribution in [1.29, 1.82) is 0 Å². The van der Waals surface area contributed by atoms with Gasteiger partial charge in [-0.25, -0.2) is 8.42 Å². The highest BCUT2D eigenvalue weighted by atomic mass is 32.2. The van der Waals surface area contributed by atoms with Gasteiger partial charge in [0.2, 0.25) is 5.91 Å².